The van der Waals surface area contributed by atoms with Crippen LogP contribution >= 0.6 is 11.6 Å². The molecule has 1 aromatic heterocycles. The molecule has 1 aromatic carbocycles. The predicted octanol–water partition coefficient (Wildman–Crippen LogP) is 2.43. The van der Waals surface area contributed by atoms with E-state index in [0.717, 1.165) is 42.6 Å². The van der Waals surface area contributed by atoms with Crippen molar-refractivity contribution in [1.82, 2.24) is 19.7 Å². The van der Waals surface area contributed by atoms with Gasteiger partial charge in [0.1, 0.15) is 11.6 Å². The summed E-state index contributed by atoms with van der Waals surface area (Å²) in [4.78, 5) is 19.0. The number of carbonyl (C=O) groups is 1. The monoisotopic (exact) mass is 330 g/mol. The van der Waals surface area contributed by atoms with Gasteiger partial charge in [0.05, 0.1) is 12.5 Å². The van der Waals surface area contributed by atoms with Crippen molar-refractivity contribution in [3.05, 3.63) is 46.5 Å². The summed E-state index contributed by atoms with van der Waals surface area (Å²) < 4.78 is 1.90. The van der Waals surface area contributed by atoms with Crippen molar-refractivity contribution in [2.45, 2.75) is 32.2 Å². The zero-order valence-corrected chi connectivity index (χ0v) is 13.8. The number of halogens is 1. The molecule has 0 N–H and O–H groups in total. The Bertz CT molecular complexity index is 751. The van der Waals surface area contributed by atoms with Gasteiger partial charge in [0.2, 0.25) is 5.91 Å². The first-order valence-electron chi connectivity index (χ1n) is 8.05. The summed E-state index contributed by atoms with van der Waals surface area (Å²) in [5.41, 5.74) is 1.22. The minimum Gasteiger partial charge on any atom is -0.341 e. The van der Waals surface area contributed by atoms with Crippen molar-refractivity contribution in [2.75, 3.05) is 13.1 Å². The Labute approximate surface area is 140 Å². The molecule has 2 aliphatic heterocycles. The molecular formula is C17H19ClN4O. The van der Waals surface area contributed by atoms with Crippen LogP contribution in [0.4, 0.5) is 0 Å². The van der Waals surface area contributed by atoms with Crippen molar-refractivity contribution in [3.8, 4) is 0 Å². The zero-order valence-electron chi connectivity index (χ0n) is 13.1. The first kappa shape index (κ1) is 14.7. The summed E-state index contributed by atoms with van der Waals surface area (Å²) in [5, 5.41) is 5.14. The van der Waals surface area contributed by atoms with Gasteiger partial charge in [-0.3, -0.25) is 4.79 Å². The highest BCUT2D eigenvalue weighted by Gasteiger charge is 2.36. The van der Waals surface area contributed by atoms with Crippen molar-refractivity contribution in [2.24, 2.45) is 5.92 Å². The number of carbonyl (C=O) groups excluding carboxylic acids is 1. The number of hydrogen-bond acceptors (Lipinski definition) is 3. The lowest BCUT2D eigenvalue weighted by Crippen LogP contribution is -2.51. The summed E-state index contributed by atoms with van der Waals surface area (Å²) in [6.45, 7) is 4.14. The molecule has 4 rings (SSSR count). The van der Waals surface area contributed by atoms with Crippen LogP contribution in [0.15, 0.2) is 24.3 Å². The molecule has 120 valence electrons. The first-order valence-corrected chi connectivity index (χ1v) is 8.42. The lowest BCUT2D eigenvalue weighted by molar-refractivity contribution is -0.141. The fourth-order valence-corrected chi connectivity index (χ4v) is 3.72. The van der Waals surface area contributed by atoms with Crippen molar-refractivity contribution in [3.63, 3.8) is 0 Å². The van der Waals surface area contributed by atoms with E-state index in [0.29, 0.717) is 12.5 Å². The molecule has 0 aliphatic carbocycles. The average Bonchev–Trinajstić information content (AvgIpc) is 2.84. The molecule has 6 heteroatoms. The standard InChI is InChI=1S/C17H19ClN4O/c1-11-19-16-6-5-13(10-22(16)20-11)17(23)21-8-14(9-21)12-3-2-4-15(18)7-12/h2-4,7,13-14H,5-6,8-10H2,1H3. The van der Waals surface area contributed by atoms with Gasteiger partial charge in [0.15, 0.2) is 0 Å². The van der Waals surface area contributed by atoms with Gasteiger partial charge in [-0.1, -0.05) is 23.7 Å². The molecule has 0 bridgehead atoms. The first-order chi connectivity index (χ1) is 11.1. The summed E-state index contributed by atoms with van der Waals surface area (Å²) in [5.74, 6) is 2.49. The predicted molar refractivity (Wildman–Crippen MR) is 87.3 cm³/mol. The van der Waals surface area contributed by atoms with Gasteiger partial charge < -0.3 is 4.90 Å². The Morgan fingerprint density at radius 1 is 1.30 bits per heavy atom. The molecule has 5 nitrogen and oxygen atoms in total. The van der Waals surface area contributed by atoms with Gasteiger partial charge in [-0.15, -0.1) is 0 Å². The Hall–Kier alpha value is -1.88. The second kappa shape index (κ2) is 5.64. The van der Waals surface area contributed by atoms with Crippen molar-refractivity contribution >= 4 is 17.5 Å². The lowest BCUT2D eigenvalue weighted by atomic mass is 9.89. The van der Waals surface area contributed by atoms with E-state index in [9.17, 15) is 4.79 Å². The van der Waals surface area contributed by atoms with Crippen molar-refractivity contribution < 1.29 is 4.79 Å². The van der Waals surface area contributed by atoms with E-state index in [2.05, 4.69) is 16.1 Å². The van der Waals surface area contributed by atoms with E-state index in [1.54, 1.807) is 0 Å². The topological polar surface area (TPSA) is 51.0 Å². The number of aromatic nitrogens is 3. The molecular weight excluding hydrogens is 312 g/mol. The van der Waals surface area contributed by atoms with Crippen LogP contribution in [0.25, 0.3) is 0 Å². The number of nitrogens with zero attached hydrogens (tertiary/aromatic N) is 4. The molecule has 0 spiro atoms. The molecule has 1 atom stereocenters. The summed E-state index contributed by atoms with van der Waals surface area (Å²) in [6, 6.07) is 7.94. The highest BCUT2D eigenvalue weighted by molar-refractivity contribution is 6.30. The van der Waals surface area contributed by atoms with Crippen molar-refractivity contribution in [1.29, 1.82) is 0 Å². The molecule has 1 saturated heterocycles. The second-order valence-corrected chi connectivity index (χ2v) is 6.92. The maximum Gasteiger partial charge on any atom is 0.227 e. The van der Waals surface area contributed by atoms with E-state index in [4.69, 9.17) is 11.6 Å². The Kier molecular flexibility index (Phi) is 3.60. The Morgan fingerprint density at radius 2 is 2.13 bits per heavy atom. The quantitative estimate of drug-likeness (QED) is 0.849. The maximum atomic E-state index is 12.7. The van der Waals surface area contributed by atoms with Gasteiger partial charge in [-0.2, -0.15) is 5.10 Å². The number of aryl methyl sites for hydroxylation is 2. The smallest absolute Gasteiger partial charge is 0.227 e. The van der Waals surface area contributed by atoms with Crippen LogP contribution in [0.2, 0.25) is 5.02 Å². The van der Waals surface area contributed by atoms with Crippen LogP contribution in [-0.4, -0.2) is 38.7 Å². The largest absolute Gasteiger partial charge is 0.341 e. The number of amides is 1. The highest BCUT2D eigenvalue weighted by Crippen LogP contribution is 2.31. The van der Waals surface area contributed by atoms with Crippen LogP contribution < -0.4 is 0 Å². The highest BCUT2D eigenvalue weighted by atomic mass is 35.5. The number of rotatable bonds is 2. The molecule has 1 amide bonds. The minimum absolute atomic E-state index is 0.0314. The molecule has 0 saturated carbocycles. The number of hydrogen-bond donors (Lipinski definition) is 0. The van der Waals surface area contributed by atoms with E-state index < -0.39 is 0 Å². The third kappa shape index (κ3) is 2.74. The normalized spacial score (nSPS) is 21.0. The molecule has 2 aliphatic rings. The van der Waals surface area contributed by atoms with E-state index >= 15 is 0 Å². The lowest BCUT2D eigenvalue weighted by Gasteiger charge is -2.42. The molecule has 0 radical (unpaired) electrons. The molecule has 1 fully saturated rings. The fourth-order valence-electron chi connectivity index (χ4n) is 3.52. The van der Waals surface area contributed by atoms with Gasteiger partial charge in [0.25, 0.3) is 0 Å². The van der Waals surface area contributed by atoms with Gasteiger partial charge in [0, 0.05) is 30.5 Å². The molecule has 2 aromatic rings. The van der Waals surface area contributed by atoms with E-state index in [1.165, 1.54) is 5.56 Å². The summed E-state index contributed by atoms with van der Waals surface area (Å²) in [7, 11) is 0. The van der Waals surface area contributed by atoms with Gasteiger partial charge in [-0.05, 0) is 31.0 Å². The van der Waals surface area contributed by atoms with E-state index in [-0.39, 0.29) is 11.8 Å². The second-order valence-electron chi connectivity index (χ2n) is 6.49. The number of fused-ring (bicyclic) bond motifs is 1. The number of benzene rings is 1. The van der Waals surface area contributed by atoms with Gasteiger partial charge >= 0.3 is 0 Å². The summed E-state index contributed by atoms with van der Waals surface area (Å²) >= 11 is 6.04. The molecule has 1 unspecified atom stereocenters. The third-order valence-corrected chi connectivity index (χ3v) is 5.06. The van der Waals surface area contributed by atoms with Crippen LogP contribution in [-0.2, 0) is 17.8 Å². The number of likely N-dealkylation sites (tertiary alicyclic amines) is 1. The van der Waals surface area contributed by atoms with Gasteiger partial charge in [-0.25, -0.2) is 9.67 Å². The fraction of sp³-hybridized carbons (Fsp3) is 0.471. The van der Waals surface area contributed by atoms with Crippen LogP contribution in [0.3, 0.4) is 0 Å². The Balaban J connectivity index is 1.38. The minimum atomic E-state index is 0.0314. The average molecular weight is 331 g/mol. The molecule has 3 heterocycles. The zero-order chi connectivity index (χ0) is 16.0. The van der Waals surface area contributed by atoms with Crippen LogP contribution in [0, 0.1) is 12.8 Å². The van der Waals surface area contributed by atoms with Crippen LogP contribution in [0.1, 0.15) is 29.6 Å². The third-order valence-electron chi connectivity index (χ3n) is 4.83. The maximum absolute atomic E-state index is 12.7. The molecule has 23 heavy (non-hydrogen) atoms. The Morgan fingerprint density at radius 3 is 2.91 bits per heavy atom. The van der Waals surface area contributed by atoms with Crippen LogP contribution in [0.5, 0.6) is 0 Å². The van der Waals surface area contributed by atoms with E-state index in [1.807, 2.05) is 34.7 Å². The summed E-state index contributed by atoms with van der Waals surface area (Å²) in [6.07, 6.45) is 1.71. The SMILES string of the molecule is Cc1nc2n(n1)CC(C(=O)N1CC(c3cccc(Cl)c3)C1)CC2.